The zero-order valence-electron chi connectivity index (χ0n) is 15.0. The largest absolute Gasteiger partial charge is 0.486 e. The smallest absolute Gasteiger partial charge is 0.271 e. The molecule has 0 spiro atoms. The molecule has 3 heterocycles. The van der Waals surface area contributed by atoms with E-state index >= 15 is 0 Å². The number of anilines is 1. The molecule has 5 nitrogen and oxygen atoms in total. The third-order valence-electron chi connectivity index (χ3n) is 5.62. The van der Waals surface area contributed by atoms with Gasteiger partial charge in [-0.1, -0.05) is 11.6 Å². The molecule has 0 amide bonds. The number of benzene rings is 2. The predicted octanol–water partition coefficient (Wildman–Crippen LogP) is 3.37. The van der Waals surface area contributed by atoms with Gasteiger partial charge in [-0.25, -0.2) is 9.48 Å². The number of halogens is 1. The van der Waals surface area contributed by atoms with Gasteiger partial charge in [-0.05, 0) is 55.3 Å². The van der Waals surface area contributed by atoms with Crippen LogP contribution in [-0.4, -0.2) is 41.8 Å². The molecule has 0 bridgehead atoms. The normalized spacial score (nSPS) is 24.1. The van der Waals surface area contributed by atoms with Crippen LogP contribution < -0.4 is 14.4 Å². The number of hydrogen-bond acceptors (Lipinski definition) is 4. The summed E-state index contributed by atoms with van der Waals surface area (Å²) in [6.45, 7) is 2.41. The lowest BCUT2D eigenvalue weighted by atomic mass is 10.0. The SMILES string of the molecule is OC1(c2ccc3c(c2)OCCO3)CN(c2ccc(Cl)cc2)C2=[N+]1CCCC2. The van der Waals surface area contributed by atoms with Crippen LogP contribution in [0.25, 0.3) is 0 Å². The number of ether oxygens (including phenoxy) is 2. The number of amidine groups is 1. The first-order valence-corrected chi connectivity index (χ1v) is 9.82. The van der Waals surface area contributed by atoms with Gasteiger partial charge < -0.3 is 14.6 Å². The third-order valence-corrected chi connectivity index (χ3v) is 5.88. The van der Waals surface area contributed by atoms with Crippen molar-refractivity contribution >= 4 is 23.1 Å². The molecule has 140 valence electrons. The van der Waals surface area contributed by atoms with E-state index in [4.69, 9.17) is 21.1 Å². The van der Waals surface area contributed by atoms with Crippen molar-refractivity contribution in [1.29, 1.82) is 0 Å². The van der Waals surface area contributed by atoms with Crippen LogP contribution in [0.4, 0.5) is 5.69 Å². The summed E-state index contributed by atoms with van der Waals surface area (Å²) in [4.78, 5) is 2.21. The Balaban J connectivity index is 1.57. The highest BCUT2D eigenvalue weighted by molar-refractivity contribution is 6.30. The summed E-state index contributed by atoms with van der Waals surface area (Å²) in [6.07, 6.45) is 3.16. The van der Waals surface area contributed by atoms with E-state index in [1.54, 1.807) is 0 Å². The number of aliphatic hydroxyl groups is 1. The standard InChI is InChI=1S/C21H22ClN2O3/c22-16-5-7-17(8-6-16)23-14-21(25,24-10-2-1-3-20(23)24)15-4-9-18-19(13-15)27-12-11-26-18/h4-9,13,25H,1-3,10-12,14H2/q+1. The molecule has 6 heteroatoms. The molecular weight excluding hydrogens is 364 g/mol. The number of hydrogen-bond donors (Lipinski definition) is 1. The van der Waals surface area contributed by atoms with Crippen LogP contribution in [-0.2, 0) is 5.72 Å². The van der Waals surface area contributed by atoms with Gasteiger partial charge in [0.25, 0.3) is 11.6 Å². The molecule has 0 aromatic heterocycles. The fourth-order valence-electron chi connectivity index (χ4n) is 4.29. The van der Waals surface area contributed by atoms with Crippen molar-refractivity contribution in [2.45, 2.75) is 25.0 Å². The van der Waals surface area contributed by atoms with Crippen LogP contribution in [0.3, 0.4) is 0 Å². The van der Waals surface area contributed by atoms with E-state index in [2.05, 4.69) is 9.48 Å². The maximum atomic E-state index is 11.8. The molecule has 3 aliphatic rings. The minimum absolute atomic E-state index is 0.476. The first-order valence-electron chi connectivity index (χ1n) is 9.44. The summed E-state index contributed by atoms with van der Waals surface area (Å²) >= 11 is 6.06. The second-order valence-electron chi connectivity index (χ2n) is 7.26. The Morgan fingerprint density at radius 1 is 1.00 bits per heavy atom. The lowest BCUT2D eigenvalue weighted by Crippen LogP contribution is -2.41. The lowest BCUT2D eigenvalue weighted by molar-refractivity contribution is -0.661. The first kappa shape index (κ1) is 16.9. The van der Waals surface area contributed by atoms with Crippen LogP contribution in [0, 0.1) is 0 Å². The second kappa shape index (κ2) is 6.43. The predicted molar refractivity (Wildman–Crippen MR) is 104 cm³/mol. The molecule has 2 aromatic rings. The van der Waals surface area contributed by atoms with Crippen LogP contribution in [0.2, 0.25) is 5.02 Å². The van der Waals surface area contributed by atoms with E-state index in [0.717, 1.165) is 42.8 Å². The zero-order valence-corrected chi connectivity index (χ0v) is 15.8. The van der Waals surface area contributed by atoms with Gasteiger partial charge in [-0.15, -0.1) is 0 Å². The van der Waals surface area contributed by atoms with Crippen molar-refractivity contribution in [1.82, 2.24) is 0 Å². The number of rotatable bonds is 2. The van der Waals surface area contributed by atoms with Gasteiger partial charge >= 0.3 is 0 Å². The van der Waals surface area contributed by atoms with Crippen molar-refractivity contribution in [3.05, 3.63) is 53.1 Å². The average molecular weight is 386 g/mol. The molecule has 0 radical (unpaired) electrons. The molecule has 3 aliphatic heterocycles. The van der Waals surface area contributed by atoms with E-state index in [1.165, 1.54) is 5.84 Å². The molecule has 0 fully saturated rings. The molecule has 0 saturated heterocycles. The Bertz CT molecular complexity index is 912. The van der Waals surface area contributed by atoms with Gasteiger partial charge in [0.2, 0.25) is 0 Å². The molecule has 5 rings (SSSR count). The van der Waals surface area contributed by atoms with Crippen molar-refractivity contribution in [2.75, 3.05) is 31.2 Å². The summed E-state index contributed by atoms with van der Waals surface area (Å²) < 4.78 is 13.5. The minimum atomic E-state index is -1.09. The molecule has 1 atom stereocenters. The maximum absolute atomic E-state index is 11.8. The summed E-state index contributed by atoms with van der Waals surface area (Å²) in [5.41, 5.74) is 0.794. The van der Waals surface area contributed by atoms with Crippen molar-refractivity contribution < 1.29 is 19.2 Å². The first-order chi connectivity index (χ1) is 13.1. The van der Waals surface area contributed by atoms with E-state index in [9.17, 15) is 5.11 Å². The van der Waals surface area contributed by atoms with Crippen LogP contribution in [0.1, 0.15) is 24.8 Å². The van der Waals surface area contributed by atoms with Crippen molar-refractivity contribution in [2.24, 2.45) is 0 Å². The quantitative estimate of drug-likeness (QED) is 0.805. The monoisotopic (exact) mass is 385 g/mol. The Labute approximate surface area is 163 Å². The lowest BCUT2D eigenvalue weighted by Gasteiger charge is -2.26. The fraction of sp³-hybridized carbons (Fsp3) is 0.381. The topological polar surface area (TPSA) is 44.9 Å². The highest BCUT2D eigenvalue weighted by Gasteiger charge is 2.52. The average Bonchev–Trinajstić information content (AvgIpc) is 3.03. The Morgan fingerprint density at radius 2 is 1.78 bits per heavy atom. The number of nitrogens with zero attached hydrogens (tertiary/aromatic N) is 2. The molecule has 27 heavy (non-hydrogen) atoms. The molecular formula is C21H22ClN2O3+. The number of β-amino-alcohol motifs (C(OH)–C–C–N with tert-alkyl or cyclic N) is 1. The van der Waals surface area contributed by atoms with Crippen molar-refractivity contribution in [3.8, 4) is 11.5 Å². The Hall–Kier alpha value is -2.24. The van der Waals surface area contributed by atoms with E-state index in [0.29, 0.717) is 30.5 Å². The van der Waals surface area contributed by atoms with E-state index in [-0.39, 0.29) is 0 Å². The number of fused-ring (bicyclic) bond motifs is 1. The molecule has 0 saturated carbocycles. The van der Waals surface area contributed by atoms with Gasteiger partial charge in [0.05, 0.1) is 6.54 Å². The summed E-state index contributed by atoms with van der Waals surface area (Å²) in [5.74, 6) is 2.61. The van der Waals surface area contributed by atoms with E-state index < -0.39 is 5.72 Å². The fourth-order valence-corrected chi connectivity index (χ4v) is 4.42. The van der Waals surface area contributed by atoms with Crippen LogP contribution in [0.5, 0.6) is 11.5 Å². The van der Waals surface area contributed by atoms with Gasteiger partial charge in [0.15, 0.2) is 18.0 Å². The highest BCUT2D eigenvalue weighted by Crippen LogP contribution is 2.39. The molecule has 1 N–H and O–H groups in total. The highest BCUT2D eigenvalue weighted by atomic mass is 35.5. The Kier molecular flexibility index (Phi) is 4.02. The maximum Gasteiger partial charge on any atom is 0.271 e. The van der Waals surface area contributed by atoms with Crippen LogP contribution >= 0.6 is 11.6 Å². The van der Waals surface area contributed by atoms with Gasteiger partial charge in [-0.3, -0.25) is 0 Å². The third kappa shape index (κ3) is 2.77. The Morgan fingerprint density at radius 3 is 2.59 bits per heavy atom. The van der Waals surface area contributed by atoms with E-state index in [1.807, 2.05) is 42.5 Å². The van der Waals surface area contributed by atoms with Gasteiger partial charge in [-0.2, -0.15) is 0 Å². The van der Waals surface area contributed by atoms with Gasteiger partial charge in [0, 0.05) is 17.0 Å². The summed E-state index contributed by atoms with van der Waals surface area (Å²) in [5, 5.41) is 12.5. The minimum Gasteiger partial charge on any atom is -0.486 e. The van der Waals surface area contributed by atoms with Gasteiger partial charge in [0.1, 0.15) is 18.9 Å². The molecule has 0 aliphatic carbocycles. The molecule has 1 unspecified atom stereocenters. The summed E-state index contributed by atoms with van der Waals surface area (Å²) in [6, 6.07) is 13.6. The second-order valence-corrected chi connectivity index (χ2v) is 7.70. The van der Waals surface area contributed by atoms with Crippen molar-refractivity contribution in [3.63, 3.8) is 0 Å². The van der Waals surface area contributed by atoms with Crippen LogP contribution in [0.15, 0.2) is 42.5 Å². The zero-order chi connectivity index (χ0) is 18.4. The molecule has 2 aromatic carbocycles. The summed E-state index contributed by atoms with van der Waals surface area (Å²) in [7, 11) is 0.